The second-order valence-electron chi connectivity index (χ2n) is 7.62. The molecule has 1 aliphatic carbocycles. The van der Waals surface area contributed by atoms with Gasteiger partial charge in [-0.2, -0.15) is 0 Å². The van der Waals surface area contributed by atoms with Crippen molar-refractivity contribution < 1.29 is 32.3 Å². The van der Waals surface area contributed by atoms with Crippen LogP contribution in [-0.4, -0.2) is 45.6 Å². The molecule has 0 atom stereocenters. The Labute approximate surface area is 175 Å². The summed E-state index contributed by atoms with van der Waals surface area (Å²) >= 11 is 0. The molecule has 162 valence electrons. The number of nitrogens with one attached hydrogen (secondary N) is 1. The first-order chi connectivity index (χ1) is 14.7. The smallest absolute Gasteiger partial charge is 0.325 e. The van der Waals surface area contributed by atoms with Gasteiger partial charge < -0.3 is 10.1 Å². The number of ketones is 1. The molecule has 31 heavy (non-hydrogen) atoms. The molecule has 2 fully saturated rings. The van der Waals surface area contributed by atoms with Crippen molar-refractivity contribution >= 4 is 17.7 Å². The standard InChI is InChI=1S/C21H18F3N3O4/c22-16-10-13(31-14-2-1-9-25-11-14)3-4-15(16)17(28)12-27-18(29)20(26-19(27)30)5-7-21(23,24)8-6-20/h1-4,9-11H,5-8,12H2,(H,26,30). The predicted molar refractivity (Wildman–Crippen MR) is 101 cm³/mol. The molecule has 0 bridgehead atoms. The summed E-state index contributed by atoms with van der Waals surface area (Å²) in [5, 5.41) is 2.45. The monoisotopic (exact) mass is 433 g/mol. The van der Waals surface area contributed by atoms with E-state index in [4.69, 9.17) is 4.74 Å². The highest BCUT2D eigenvalue weighted by Crippen LogP contribution is 2.41. The molecule has 1 spiro atoms. The molecule has 10 heteroatoms. The van der Waals surface area contributed by atoms with E-state index in [9.17, 15) is 27.6 Å². The van der Waals surface area contributed by atoms with Crippen molar-refractivity contribution in [3.63, 3.8) is 0 Å². The zero-order valence-corrected chi connectivity index (χ0v) is 16.2. The highest BCUT2D eigenvalue weighted by molar-refractivity contribution is 6.11. The zero-order valence-electron chi connectivity index (χ0n) is 16.2. The first-order valence-electron chi connectivity index (χ1n) is 9.62. The third-order valence-electron chi connectivity index (χ3n) is 5.49. The third-order valence-corrected chi connectivity index (χ3v) is 5.49. The molecule has 3 amide bonds. The summed E-state index contributed by atoms with van der Waals surface area (Å²) in [5.74, 6) is -4.79. The number of urea groups is 1. The molecule has 0 unspecified atom stereocenters. The van der Waals surface area contributed by atoms with Gasteiger partial charge in [-0.3, -0.25) is 19.5 Å². The second kappa shape index (κ2) is 7.68. The average molecular weight is 433 g/mol. The fourth-order valence-corrected chi connectivity index (χ4v) is 3.76. The number of rotatable bonds is 5. The summed E-state index contributed by atoms with van der Waals surface area (Å²) in [7, 11) is 0. The number of carbonyl (C=O) groups is 3. The van der Waals surface area contributed by atoms with Crippen LogP contribution in [0.4, 0.5) is 18.0 Å². The average Bonchev–Trinajstić information content (AvgIpc) is 2.95. The molecule has 2 heterocycles. The van der Waals surface area contributed by atoms with E-state index < -0.39 is 54.4 Å². The molecule has 1 aliphatic heterocycles. The van der Waals surface area contributed by atoms with E-state index in [0.717, 1.165) is 6.07 Å². The van der Waals surface area contributed by atoms with Crippen LogP contribution in [0.25, 0.3) is 0 Å². The van der Waals surface area contributed by atoms with Crippen molar-refractivity contribution in [3.05, 3.63) is 54.1 Å². The molecule has 1 N–H and O–H groups in total. The maximum absolute atomic E-state index is 14.5. The first kappa shape index (κ1) is 20.8. The van der Waals surface area contributed by atoms with Gasteiger partial charge >= 0.3 is 6.03 Å². The lowest BCUT2D eigenvalue weighted by atomic mass is 9.80. The molecular weight excluding hydrogens is 415 g/mol. The molecule has 4 rings (SSSR count). The molecule has 0 radical (unpaired) electrons. The molecule has 7 nitrogen and oxygen atoms in total. The molecule has 2 aliphatic rings. The van der Waals surface area contributed by atoms with E-state index in [2.05, 4.69) is 10.3 Å². The number of hydrogen-bond acceptors (Lipinski definition) is 5. The Hall–Kier alpha value is -3.43. The van der Waals surface area contributed by atoms with E-state index in [0.29, 0.717) is 10.6 Å². The van der Waals surface area contributed by atoms with Gasteiger partial charge in [-0.15, -0.1) is 0 Å². The van der Waals surface area contributed by atoms with Gasteiger partial charge in [-0.05, 0) is 37.1 Å². The molecule has 1 aromatic heterocycles. The Bertz CT molecular complexity index is 1040. The van der Waals surface area contributed by atoms with Crippen molar-refractivity contribution in [1.29, 1.82) is 0 Å². The maximum Gasteiger partial charge on any atom is 0.325 e. The summed E-state index contributed by atoms with van der Waals surface area (Å²) in [6, 6.07) is 6.00. The lowest BCUT2D eigenvalue weighted by Crippen LogP contribution is -2.51. The Morgan fingerprint density at radius 2 is 1.87 bits per heavy atom. The van der Waals surface area contributed by atoms with Gasteiger partial charge in [-0.25, -0.2) is 18.0 Å². The van der Waals surface area contributed by atoms with Crippen molar-refractivity contribution in [2.45, 2.75) is 37.1 Å². The summed E-state index contributed by atoms with van der Waals surface area (Å²) in [6.45, 7) is -0.692. The fraction of sp³-hybridized carbons (Fsp3) is 0.333. The number of benzene rings is 1. The van der Waals surface area contributed by atoms with Crippen molar-refractivity contribution in [2.24, 2.45) is 0 Å². The fourth-order valence-electron chi connectivity index (χ4n) is 3.76. The van der Waals surface area contributed by atoms with Crippen molar-refractivity contribution in [3.8, 4) is 11.5 Å². The Morgan fingerprint density at radius 1 is 1.13 bits per heavy atom. The largest absolute Gasteiger partial charge is 0.456 e. The number of imide groups is 1. The van der Waals surface area contributed by atoms with Gasteiger partial charge in [0.15, 0.2) is 5.78 Å². The number of hydrogen-bond donors (Lipinski definition) is 1. The van der Waals surface area contributed by atoms with E-state index in [1.807, 2.05) is 0 Å². The molecule has 1 aromatic carbocycles. The van der Waals surface area contributed by atoms with Crippen LogP contribution in [0.15, 0.2) is 42.7 Å². The van der Waals surface area contributed by atoms with Gasteiger partial charge in [0.25, 0.3) is 5.91 Å². The summed E-state index contributed by atoms with van der Waals surface area (Å²) in [4.78, 5) is 42.1. The lowest BCUT2D eigenvalue weighted by Gasteiger charge is -2.34. The number of halogens is 3. The SMILES string of the molecule is O=C(CN1C(=O)NC2(CCC(F)(F)CC2)C1=O)c1ccc(Oc2cccnc2)cc1F. The van der Waals surface area contributed by atoms with Gasteiger partial charge in [0.2, 0.25) is 5.92 Å². The van der Waals surface area contributed by atoms with E-state index in [-0.39, 0.29) is 24.2 Å². The van der Waals surface area contributed by atoms with Crippen LogP contribution in [0.3, 0.4) is 0 Å². The molecule has 1 saturated heterocycles. The topological polar surface area (TPSA) is 88.6 Å². The zero-order chi connectivity index (χ0) is 22.2. The third kappa shape index (κ3) is 4.10. The Kier molecular flexibility index (Phi) is 5.16. The summed E-state index contributed by atoms with van der Waals surface area (Å²) < 4.78 is 46.9. The lowest BCUT2D eigenvalue weighted by molar-refractivity contribution is -0.135. The molecule has 1 saturated carbocycles. The summed E-state index contributed by atoms with van der Waals surface area (Å²) in [5.41, 5.74) is -1.76. The van der Waals surface area contributed by atoms with Crippen LogP contribution in [0.1, 0.15) is 36.0 Å². The van der Waals surface area contributed by atoms with E-state index >= 15 is 0 Å². The normalized spacial score (nSPS) is 19.4. The Balaban J connectivity index is 1.45. The quantitative estimate of drug-likeness (QED) is 0.574. The van der Waals surface area contributed by atoms with E-state index in [1.165, 1.54) is 18.3 Å². The number of Topliss-reactive ketones (excluding diaryl/α,β-unsaturated/α-hetero) is 1. The molecule has 2 aromatic rings. The number of amides is 3. The minimum atomic E-state index is -2.89. The van der Waals surface area contributed by atoms with Crippen LogP contribution >= 0.6 is 0 Å². The van der Waals surface area contributed by atoms with Crippen molar-refractivity contribution in [1.82, 2.24) is 15.2 Å². The van der Waals surface area contributed by atoms with E-state index in [1.54, 1.807) is 18.3 Å². The minimum Gasteiger partial charge on any atom is -0.456 e. The number of ether oxygens (including phenoxy) is 1. The number of carbonyl (C=O) groups excluding carboxylic acids is 3. The number of aromatic nitrogens is 1. The highest BCUT2D eigenvalue weighted by atomic mass is 19.3. The van der Waals surface area contributed by atoms with Crippen LogP contribution in [-0.2, 0) is 4.79 Å². The molecular formula is C21H18F3N3O4. The van der Waals surface area contributed by atoms with Crippen molar-refractivity contribution in [2.75, 3.05) is 6.54 Å². The minimum absolute atomic E-state index is 0.138. The van der Waals surface area contributed by atoms with Gasteiger partial charge in [0.05, 0.1) is 18.3 Å². The number of nitrogens with zero attached hydrogens (tertiary/aromatic N) is 2. The predicted octanol–water partition coefficient (Wildman–Crippen LogP) is 3.70. The first-order valence-corrected chi connectivity index (χ1v) is 9.62. The highest BCUT2D eigenvalue weighted by Gasteiger charge is 2.55. The van der Waals surface area contributed by atoms with Gasteiger partial charge in [0, 0.05) is 25.1 Å². The van der Waals surface area contributed by atoms with Crippen LogP contribution in [0.5, 0.6) is 11.5 Å². The second-order valence-corrected chi connectivity index (χ2v) is 7.62. The van der Waals surface area contributed by atoms with Gasteiger partial charge in [0.1, 0.15) is 22.9 Å². The maximum atomic E-state index is 14.5. The summed E-state index contributed by atoms with van der Waals surface area (Å²) in [6.07, 6.45) is 1.48. The van der Waals surface area contributed by atoms with Crippen LogP contribution in [0.2, 0.25) is 0 Å². The Morgan fingerprint density at radius 3 is 2.52 bits per heavy atom. The van der Waals surface area contributed by atoms with Gasteiger partial charge in [-0.1, -0.05) is 0 Å². The van der Waals surface area contributed by atoms with Crippen LogP contribution < -0.4 is 10.1 Å². The van der Waals surface area contributed by atoms with Crippen LogP contribution in [0, 0.1) is 5.82 Å². The number of alkyl halides is 2. The number of pyridine rings is 1.